The highest BCUT2D eigenvalue weighted by Gasteiger charge is 2.21. The number of fused-ring (bicyclic) bond motifs is 4. The van der Waals surface area contributed by atoms with Crippen molar-refractivity contribution in [2.75, 3.05) is 0 Å². The molecule has 0 amide bonds. The maximum absolute atomic E-state index is 14.2. The van der Waals surface area contributed by atoms with Gasteiger partial charge in [-0.15, -0.1) is 0 Å². The predicted molar refractivity (Wildman–Crippen MR) is 166 cm³/mol. The highest BCUT2D eigenvalue weighted by Crippen LogP contribution is 2.41. The summed E-state index contributed by atoms with van der Waals surface area (Å²) < 4.78 is 1.77. The summed E-state index contributed by atoms with van der Waals surface area (Å²) in [6, 6.07) is 42.8. The minimum absolute atomic E-state index is 0.0941. The van der Waals surface area contributed by atoms with Gasteiger partial charge in [0.25, 0.3) is 5.56 Å². The predicted octanol–water partition coefficient (Wildman–Crippen LogP) is 9.25. The molecule has 0 saturated carbocycles. The lowest BCUT2D eigenvalue weighted by Gasteiger charge is -2.13. The van der Waals surface area contributed by atoms with E-state index in [4.69, 9.17) is 16.6 Å². The van der Waals surface area contributed by atoms with Gasteiger partial charge in [-0.3, -0.25) is 9.20 Å². The third-order valence-corrected chi connectivity index (χ3v) is 8.15. The number of halogens is 1. The van der Waals surface area contributed by atoms with Crippen LogP contribution in [0.5, 0.6) is 0 Å². The third-order valence-electron chi connectivity index (χ3n) is 7.83. The van der Waals surface area contributed by atoms with Crippen molar-refractivity contribution in [1.82, 2.24) is 9.38 Å². The summed E-state index contributed by atoms with van der Waals surface area (Å²) in [6.45, 7) is 0. The summed E-state index contributed by atoms with van der Waals surface area (Å²) >= 11 is 6.83. The lowest BCUT2D eigenvalue weighted by Crippen LogP contribution is -2.13. The Bertz CT molecular complexity index is 2280. The van der Waals surface area contributed by atoms with Gasteiger partial charge in [-0.1, -0.05) is 109 Å². The smallest absolute Gasteiger partial charge is 0.264 e. The van der Waals surface area contributed by atoms with Crippen LogP contribution in [-0.4, -0.2) is 9.38 Å². The minimum atomic E-state index is -0.0941. The average molecular weight is 533 g/mol. The Kier molecular flexibility index (Phi) is 5.03. The van der Waals surface area contributed by atoms with E-state index in [-0.39, 0.29) is 5.56 Å². The number of hydrogen-bond donors (Lipinski definition) is 0. The van der Waals surface area contributed by atoms with Gasteiger partial charge in [0.1, 0.15) is 5.65 Å². The lowest BCUT2D eigenvalue weighted by molar-refractivity contribution is 1.19. The number of imidazole rings is 1. The van der Waals surface area contributed by atoms with Crippen molar-refractivity contribution >= 4 is 49.8 Å². The molecular formula is C36H21ClN2O. The first-order valence-electron chi connectivity index (χ1n) is 13.2. The molecule has 0 atom stereocenters. The molecule has 0 saturated heterocycles. The SMILES string of the molecule is O=c1c2ccc(Cl)c3c(-c4ccccc4)ccc(c32)c2nc3cc(-c4ccccc4)c(-c4ccccc4)cc3n12. The Balaban J connectivity index is 1.52. The van der Waals surface area contributed by atoms with Gasteiger partial charge in [-0.05, 0) is 63.7 Å². The number of aromatic nitrogens is 2. The highest BCUT2D eigenvalue weighted by molar-refractivity contribution is 6.39. The molecule has 4 heteroatoms. The normalized spacial score (nSPS) is 11.7. The second kappa shape index (κ2) is 8.77. The third kappa shape index (κ3) is 3.32. The topological polar surface area (TPSA) is 34.4 Å². The molecule has 2 heterocycles. The van der Waals surface area contributed by atoms with Gasteiger partial charge in [0.15, 0.2) is 0 Å². The maximum atomic E-state index is 14.2. The number of benzene rings is 6. The molecule has 0 aliphatic rings. The van der Waals surface area contributed by atoms with E-state index in [0.29, 0.717) is 16.1 Å². The Morgan fingerprint density at radius 1 is 0.550 bits per heavy atom. The van der Waals surface area contributed by atoms with E-state index in [1.807, 2.05) is 66.7 Å². The molecule has 0 unspecified atom stereocenters. The van der Waals surface area contributed by atoms with Crippen LogP contribution in [0.3, 0.4) is 0 Å². The molecule has 0 fully saturated rings. The summed E-state index contributed by atoms with van der Waals surface area (Å²) in [5.41, 5.74) is 8.50. The fraction of sp³-hybridized carbons (Fsp3) is 0. The molecule has 0 N–H and O–H groups in total. The van der Waals surface area contributed by atoms with E-state index in [9.17, 15) is 4.79 Å². The fourth-order valence-electron chi connectivity index (χ4n) is 6.02. The van der Waals surface area contributed by atoms with E-state index in [2.05, 4.69) is 60.7 Å². The Labute approximate surface area is 234 Å². The largest absolute Gasteiger partial charge is 0.268 e. The maximum Gasteiger partial charge on any atom is 0.264 e. The van der Waals surface area contributed by atoms with Crippen molar-refractivity contribution in [2.45, 2.75) is 0 Å². The van der Waals surface area contributed by atoms with Crippen molar-refractivity contribution < 1.29 is 0 Å². The zero-order chi connectivity index (χ0) is 26.8. The van der Waals surface area contributed by atoms with E-state index in [1.54, 1.807) is 4.40 Å². The number of pyridine rings is 1. The number of nitrogens with zero attached hydrogens (tertiary/aromatic N) is 2. The Hall–Kier alpha value is -4.99. The fourth-order valence-corrected chi connectivity index (χ4v) is 6.28. The van der Waals surface area contributed by atoms with Crippen LogP contribution in [0.25, 0.3) is 71.6 Å². The minimum Gasteiger partial charge on any atom is -0.268 e. The molecule has 6 aromatic carbocycles. The molecule has 8 rings (SSSR count). The molecule has 3 nitrogen and oxygen atoms in total. The van der Waals surface area contributed by atoms with Gasteiger partial charge in [0.05, 0.1) is 11.0 Å². The van der Waals surface area contributed by atoms with Crippen LogP contribution in [0.1, 0.15) is 0 Å². The Morgan fingerprint density at radius 2 is 1.10 bits per heavy atom. The van der Waals surface area contributed by atoms with Crippen LogP contribution in [0.2, 0.25) is 5.02 Å². The number of rotatable bonds is 3. The van der Waals surface area contributed by atoms with Crippen LogP contribution in [0.4, 0.5) is 0 Å². The lowest BCUT2D eigenvalue weighted by atomic mass is 9.93. The van der Waals surface area contributed by atoms with Crippen LogP contribution < -0.4 is 5.56 Å². The van der Waals surface area contributed by atoms with Crippen LogP contribution in [0, 0.1) is 0 Å². The van der Waals surface area contributed by atoms with E-state index in [1.165, 1.54) is 0 Å². The molecule has 0 aliphatic carbocycles. The average Bonchev–Trinajstić information content (AvgIpc) is 3.40. The van der Waals surface area contributed by atoms with Crippen molar-refractivity contribution in [3.05, 3.63) is 143 Å². The molecule has 188 valence electrons. The summed E-state index contributed by atoms with van der Waals surface area (Å²) in [4.78, 5) is 19.3. The highest BCUT2D eigenvalue weighted by atomic mass is 35.5. The van der Waals surface area contributed by atoms with Crippen molar-refractivity contribution in [3.8, 4) is 33.4 Å². The van der Waals surface area contributed by atoms with Gasteiger partial charge in [0, 0.05) is 26.6 Å². The first-order valence-corrected chi connectivity index (χ1v) is 13.6. The molecule has 0 aliphatic heterocycles. The standard InChI is InChI=1S/C36H21ClN2O/c37-30-19-18-27-33-26(17-16-25(34(30)33)22-10-4-1-5-11-22)35-38-31-20-28(23-12-6-2-7-13-23)29(24-14-8-3-9-15-24)21-32(31)39(35)36(27)40/h1-21H. The van der Waals surface area contributed by atoms with E-state index >= 15 is 0 Å². The molecule has 0 spiro atoms. The molecule has 8 aromatic rings. The monoisotopic (exact) mass is 532 g/mol. The van der Waals surface area contributed by atoms with Gasteiger partial charge in [0.2, 0.25) is 0 Å². The molecule has 2 aromatic heterocycles. The van der Waals surface area contributed by atoms with Crippen molar-refractivity contribution in [2.24, 2.45) is 0 Å². The second-order valence-electron chi connectivity index (χ2n) is 10.1. The summed E-state index contributed by atoms with van der Waals surface area (Å²) in [6.07, 6.45) is 0. The van der Waals surface area contributed by atoms with Crippen molar-refractivity contribution in [1.29, 1.82) is 0 Å². The Morgan fingerprint density at radius 3 is 1.73 bits per heavy atom. The molecule has 40 heavy (non-hydrogen) atoms. The van der Waals surface area contributed by atoms with E-state index in [0.717, 1.165) is 60.6 Å². The van der Waals surface area contributed by atoms with Gasteiger partial charge in [-0.2, -0.15) is 0 Å². The van der Waals surface area contributed by atoms with Crippen LogP contribution in [0.15, 0.2) is 132 Å². The first-order chi connectivity index (χ1) is 19.7. The zero-order valence-electron chi connectivity index (χ0n) is 21.3. The molecular weight excluding hydrogens is 512 g/mol. The van der Waals surface area contributed by atoms with E-state index < -0.39 is 0 Å². The summed E-state index contributed by atoms with van der Waals surface area (Å²) in [5, 5.41) is 3.89. The molecule has 0 radical (unpaired) electrons. The summed E-state index contributed by atoms with van der Waals surface area (Å²) in [5.74, 6) is 0. The van der Waals surface area contributed by atoms with Gasteiger partial charge >= 0.3 is 0 Å². The van der Waals surface area contributed by atoms with Crippen LogP contribution >= 0.6 is 11.6 Å². The molecule has 0 bridgehead atoms. The van der Waals surface area contributed by atoms with Gasteiger partial charge in [-0.25, -0.2) is 4.98 Å². The van der Waals surface area contributed by atoms with Crippen LogP contribution in [-0.2, 0) is 0 Å². The first kappa shape index (κ1) is 22.9. The van der Waals surface area contributed by atoms with Crippen molar-refractivity contribution in [3.63, 3.8) is 0 Å². The second-order valence-corrected chi connectivity index (χ2v) is 10.5. The van der Waals surface area contributed by atoms with Gasteiger partial charge < -0.3 is 0 Å². The zero-order valence-corrected chi connectivity index (χ0v) is 22.1. The quantitative estimate of drug-likeness (QED) is 0.227. The summed E-state index contributed by atoms with van der Waals surface area (Å²) in [7, 11) is 0. The number of hydrogen-bond acceptors (Lipinski definition) is 2.